The zero-order valence-electron chi connectivity index (χ0n) is 15.7. The van der Waals surface area contributed by atoms with Gasteiger partial charge in [0.2, 0.25) is 5.91 Å². The second-order valence-corrected chi connectivity index (χ2v) is 6.98. The Labute approximate surface area is 159 Å². The SMILES string of the molecule is Cc1ccc(C(=O)N2CCN(C(=O)CCCc3ccccc3)CC2)cc1F. The maximum absolute atomic E-state index is 13.7. The Morgan fingerprint density at radius 3 is 2.30 bits per heavy atom. The summed E-state index contributed by atoms with van der Waals surface area (Å²) in [7, 11) is 0. The molecule has 0 saturated carbocycles. The third kappa shape index (κ3) is 4.94. The molecule has 4 nitrogen and oxygen atoms in total. The average Bonchev–Trinajstić information content (AvgIpc) is 2.70. The second-order valence-electron chi connectivity index (χ2n) is 6.98. The second kappa shape index (κ2) is 8.80. The Bertz CT molecular complexity index is 799. The van der Waals surface area contributed by atoms with Gasteiger partial charge in [-0.3, -0.25) is 9.59 Å². The number of amides is 2. The topological polar surface area (TPSA) is 40.6 Å². The number of halogens is 1. The highest BCUT2D eigenvalue weighted by Gasteiger charge is 2.24. The van der Waals surface area contributed by atoms with E-state index >= 15 is 0 Å². The summed E-state index contributed by atoms with van der Waals surface area (Å²) in [5.41, 5.74) is 2.13. The summed E-state index contributed by atoms with van der Waals surface area (Å²) in [6, 6.07) is 14.7. The molecule has 0 spiro atoms. The van der Waals surface area contributed by atoms with Crippen LogP contribution in [0.4, 0.5) is 4.39 Å². The molecule has 2 amide bonds. The van der Waals surface area contributed by atoms with E-state index in [4.69, 9.17) is 0 Å². The van der Waals surface area contributed by atoms with Crippen LogP contribution in [0.15, 0.2) is 48.5 Å². The first-order valence-electron chi connectivity index (χ1n) is 9.42. The molecule has 1 fully saturated rings. The summed E-state index contributed by atoms with van der Waals surface area (Å²) in [4.78, 5) is 28.4. The van der Waals surface area contributed by atoms with Gasteiger partial charge in [0, 0.05) is 38.2 Å². The summed E-state index contributed by atoms with van der Waals surface area (Å²) in [5.74, 6) is -0.405. The Hall–Kier alpha value is -2.69. The van der Waals surface area contributed by atoms with E-state index < -0.39 is 0 Å². The fraction of sp³-hybridized carbons (Fsp3) is 0.364. The molecule has 0 N–H and O–H groups in total. The zero-order valence-corrected chi connectivity index (χ0v) is 15.7. The van der Waals surface area contributed by atoms with Gasteiger partial charge in [-0.05, 0) is 43.0 Å². The fourth-order valence-electron chi connectivity index (χ4n) is 3.31. The van der Waals surface area contributed by atoms with E-state index in [1.54, 1.807) is 24.0 Å². The molecule has 1 saturated heterocycles. The molecule has 0 atom stereocenters. The van der Waals surface area contributed by atoms with Gasteiger partial charge in [-0.25, -0.2) is 4.39 Å². The summed E-state index contributed by atoms with van der Waals surface area (Å²) in [5, 5.41) is 0. The van der Waals surface area contributed by atoms with Gasteiger partial charge in [0.1, 0.15) is 5.82 Å². The first kappa shape index (κ1) is 19.1. The van der Waals surface area contributed by atoms with Crippen molar-refractivity contribution in [1.82, 2.24) is 9.80 Å². The number of hydrogen-bond acceptors (Lipinski definition) is 2. The summed E-state index contributed by atoms with van der Waals surface area (Å²) in [6.07, 6.45) is 2.24. The van der Waals surface area contributed by atoms with E-state index in [0.717, 1.165) is 12.8 Å². The number of nitrogens with zero attached hydrogens (tertiary/aromatic N) is 2. The number of piperazine rings is 1. The molecule has 0 unspecified atom stereocenters. The number of carbonyl (C=O) groups is 2. The summed E-state index contributed by atoms with van der Waals surface area (Å²) < 4.78 is 13.7. The molecular weight excluding hydrogens is 343 g/mol. The summed E-state index contributed by atoms with van der Waals surface area (Å²) in [6.45, 7) is 3.71. The van der Waals surface area contributed by atoms with Crippen LogP contribution in [0.25, 0.3) is 0 Å². The molecular formula is C22H25FN2O2. The number of rotatable bonds is 5. The van der Waals surface area contributed by atoms with Crippen LogP contribution in [-0.4, -0.2) is 47.8 Å². The number of carbonyl (C=O) groups excluding carboxylic acids is 2. The number of aryl methyl sites for hydroxylation is 2. The molecule has 3 rings (SSSR count). The smallest absolute Gasteiger partial charge is 0.254 e. The highest BCUT2D eigenvalue weighted by atomic mass is 19.1. The maximum atomic E-state index is 13.7. The van der Waals surface area contributed by atoms with Crippen LogP contribution in [0.5, 0.6) is 0 Å². The molecule has 2 aromatic rings. The maximum Gasteiger partial charge on any atom is 0.254 e. The van der Waals surface area contributed by atoms with Crippen LogP contribution in [0.2, 0.25) is 0 Å². The fourth-order valence-corrected chi connectivity index (χ4v) is 3.31. The zero-order chi connectivity index (χ0) is 19.2. The third-order valence-electron chi connectivity index (χ3n) is 5.04. The van der Waals surface area contributed by atoms with Crippen LogP contribution < -0.4 is 0 Å². The molecule has 2 aromatic carbocycles. The van der Waals surface area contributed by atoms with E-state index in [1.807, 2.05) is 23.1 Å². The van der Waals surface area contributed by atoms with E-state index in [1.165, 1.54) is 11.6 Å². The molecule has 142 valence electrons. The predicted octanol–water partition coefficient (Wildman–Crippen LogP) is 3.44. The van der Waals surface area contributed by atoms with Crippen LogP contribution in [0.1, 0.15) is 34.3 Å². The largest absolute Gasteiger partial charge is 0.339 e. The van der Waals surface area contributed by atoms with E-state index in [0.29, 0.717) is 43.7 Å². The molecule has 1 heterocycles. The Morgan fingerprint density at radius 2 is 1.63 bits per heavy atom. The van der Waals surface area contributed by atoms with Crippen molar-refractivity contribution in [2.24, 2.45) is 0 Å². The standard InChI is InChI=1S/C22H25FN2O2/c1-17-10-11-19(16-20(17)23)22(27)25-14-12-24(13-15-25)21(26)9-5-8-18-6-3-2-4-7-18/h2-4,6-7,10-11,16H,5,8-9,12-15H2,1H3. The van der Waals surface area contributed by atoms with Crippen molar-refractivity contribution in [2.45, 2.75) is 26.2 Å². The quantitative estimate of drug-likeness (QED) is 0.811. The molecule has 0 aliphatic carbocycles. The highest BCUT2D eigenvalue weighted by Crippen LogP contribution is 2.14. The highest BCUT2D eigenvalue weighted by molar-refractivity contribution is 5.94. The minimum absolute atomic E-state index is 0.138. The third-order valence-corrected chi connectivity index (χ3v) is 5.04. The molecule has 27 heavy (non-hydrogen) atoms. The van der Waals surface area contributed by atoms with Crippen LogP contribution >= 0.6 is 0 Å². The molecule has 0 radical (unpaired) electrons. The first-order valence-corrected chi connectivity index (χ1v) is 9.42. The van der Waals surface area contributed by atoms with Crippen molar-refractivity contribution >= 4 is 11.8 Å². The van der Waals surface area contributed by atoms with Gasteiger partial charge in [0.25, 0.3) is 5.91 Å². The average molecular weight is 368 g/mol. The van der Waals surface area contributed by atoms with Crippen LogP contribution in [-0.2, 0) is 11.2 Å². The van der Waals surface area contributed by atoms with Gasteiger partial charge >= 0.3 is 0 Å². The van der Waals surface area contributed by atoms with Crippen molar-refractivity contribution in [2.75, 3.05) is 26.2 Å². The van der Waals surface area contributed by atoms with Crippen LogP contribution in [0.3, 0.4) is 0 Å². The van der Waals surface area contributed by atoms with Gasteiger partial charge in [0.15, 0.2) is 0 Å². The first-order chi connectivity index (χ1) is 13.0. The monoisotopic (exact) mass is 368 g/mol. The lowest BCUT2D eigenvalue weighted by Crippen LogP contribution is -2.50. The predicted molar refractivity (Wildman–Crippen MR) is 103 cm³/mol. The lowest BCUT2D eigenvalue weighted by molar-refractivity contribution is -0.132. The molecule has 1 aliphatic heterocycles. The molecule has 0 bridgehead atoms. The van der Waals surface area contributed by atoms with Crippen molar-refractivity contribution < 1.29 is 14.0 Å². The Kier molecular flexibility index (Phi) is 6.22. The van der Waals surface area contributed by atoms with Gasteiger partial charge in [-0.15, -0.1) is 0 Å². The van der Waals surface area contributed by atoms with Crippen LogP contribution in [0, 0.1) is 12.7 Å². The Balaban J connectivity index is 1.45. The van der Waals surface area contributed by atoms with Crippen molar-refractivity contribution in [3.63, 3.8) is 0 Å². The summed E-state index contributed by atoms with van der Waals surface area (Å²) >= 11 is 0. The van der Waals surface area contributed by atoms with Gasteiger partial charge in [-0.2, -0.15) is 0 Å². The number of hydrogen-bond donors (Lipinski definition) is 0. The normalized spacial score (nSPS) is 14.3. The van der Waals surface area contributed by atoms with Crippen molar-refractivity contribution in [3.8, 4) is 0 Å². The Morgan fingerprint density at radius 1 is 0.963 bits per heavy atom. The minimum atomic E-state index is -0.368. The molecule has 5 heteroatoms. The lowest BCUT2D eigenvalue weighted by atomic mass is 10.1. The van der Waals surface area contributed by atoms with Crippen molar-refractivity contribution in [3.05, 3.63) is 71.0 Å². The van der Waals surface area contributed by atoms with Crippen molar-refractivity contribution in [1.29, 1.82) is 0 Å². The molecule has 1 aliphatic rings. The van der Waals surface area contributed by atoms with E-state index in [-0.39, 0.29) is 17.6 Å². The van der Waals surface area contributed by atoms with Gasteiger partial charge < -0.3 is 9.80 Å². The minimum Gasteiger partial charge on any atom is -0.339 e. The van der Waals surface area contributed by atoms with E-state index in [9.17, 15) is 14.0 Å². The molecule has 0 aromatic heterocycles. The lowest BCUT2D eigenvalue weighted by Gasteiger charge is -2.35. The van der Waals surface area contributed by atoms with Gasteiger partial charge in [0.05, 0.1) is 0 Å². The van der Waals surface area contributed by atoms with E-state index in [2.05, 4.69) is 12.1 Å². The number of benzene rings is 2. The van der Waals surface area contributed by atoms with Gasteiger partial charge in [-0.1, -0.05) is 36.4 Å².